The van der Waals surface area contributed by atoms with E-state index in [1.165, 1.54) is 18.5 Å². The first-order valence-corrected chi connectivity index (χ1v) is 8.40. The molecule has 0 unspecified atom stereocenters. The van der Waals surface area contributed by atoms with Gasteiger partial charge in [0.15, 0.2) is 0 Å². The highest BCUT2D eigenvalue weighted by atomic mass is 14.4. The maximum atomic E-state index is 1.65. The van der Waals surface area contributed by atoms with E-state index in [9.17, 15) is 0 Å². The van der Waals surface area contributed by atoms with Crippen molar-refractivity contribution in [3.05, 3.63) is 0 Å². The Kier molecular flexibility index (Phi) is 2.78. The predicted molar refractivity (Wildman–Crippen MR) is 74.7 cm³/mol. The summed E-state index contributed by atoms with van der Waals surface area (Å²) in [5.41, 5.74) is 0. The van der Waals surface area contributed by atoms with Gasteiger partial charge in [-0.1, -0.05) is 62.9 Å². The van der Waals surface area contributed by atoms with Crippen molar-refractivity contribution in [1.82, 2.24) is 0 Å². The van der Waals surface area contributed by atoms with Crippen LogP contribution in [0.25, 0.3) is 0 Å². The minimum absolute atomic E-state index is 1.15. The first-order chi connectivity index (χ1) is 8.40. The molecule has 3 atom stereocenters. The summed E-state index contributed by atoms with van der Waals surface area (Å²) >= 11 is 0. The lowest BCUT2D eigenvalue weighted by molar-refractivity contribution is 0.347. The van der Waals surface area contributed by atoms with E-state index in [4.69, 9.17) is 0 Å². The largest absolute Gasteiger partial charge is 0.146 e. The fourth-order valence-electron chi connectivity index (χ4n) is 6.21. The molecule has 2 aliphatic heterocycles. The van der Waals surface area contributed by atoms with E-state index in [-0.39, 0.29) is 0 Å². The van der Waals surface area contributed by atoms with Gasteiger partial charge in [-0.2, -0.15) is 0 Å². The molecule has 0 amide bonds. The Morgan fingerprint density at radius 3 is 2.00 bits per heavy atom. The van der Waals surface area contributed by atoms with Crippen LogP contribution in [0.3, 0.4) is 0 Å². The average Bonchev–Trinajstić information content (AvgIpc) is 2.90. The molecule has 0 aromatic carbocycles. The average molecular weight is 230 g/mol. The maximum Gasteiger partial charge on any atom is 0.146 e. The molecular weight excluding hydrogens is 203 g/mol. The summed E-state index contributed by atoms with van der Waals surface area (Å²) in [6, 6.07) is 0. The summed E-state index contributed by atoms with van der Waals surface area (Å²) < 4.78 is 0. The summed E-state index contributed by atoms with van der Waals surface area (Å²) in [5.74, 6) is 5.80. The molecule has 4 rings (SSSR count). The minimum atomic E-state index is 1.15. The SMILES string of the molecule is C1CC2CCCC(C1)B2C[C@H]1C[C@@H]2CC[C@H]1C2. The molecule has 2 aliphatic carbocycles. The minimum Gasteiger partial charge on any atom is -0.0706 e. The van der Waals surface area contributed by atoms with Crippen LogP contribution in [0.5, 0.6) is 0 Å². The van der Waals surface area contributed by atoms with E-state index in [1.54, 1.807) is 70.5 Å². The Bertz CT molecular complexity index is 265. The lowest BCUT2D eigenvalue weighted by atomic mass is 9.25. The smallest absolute Gasteiger partial charge is 0.0706 e. The first kappa shape index (κ1) is 10.9. The van der Waals surface area contributed by atoms with Crippen molar-refractivity contribution in [1.29, 1.82) is 0 Å². The van der Waals surface area contributed by atoms with Gasteiger partial charge in [0, 0.05) is 0 Å². The topological polar surface area (TPSA) is 0 Å². The first-order valence-electron chi connectivity index (χ1n) is 8.40. The summed E-state index contributed by atoms with van der Waals surface area (Å²) in [6.07, 6.45) is 17.5. The number of rotatable bonds is 2. The Labute approximate surface area is 107 Å². The normalized spacial score (nSPS) is 48.7. The van der Waals surface area contributed by atoms with Gasteiger partial charge in [-0.25, -0.2) is 0 Å². The van der Waals surface area contributed by atoms with E-state index < -0.39 is 0 Å². The molecule has 1 heteroatoms. The number of hydrogen-bond acceptors (Lipinski definition) is 0. The van der Waals surface area contributed by atoms with Gasteiger partial charge in [0.1, 0.15) is 6.71 Å². The summed E-state index contributed by atoms with van der Waals surface area (Å²) in [7, 11) is 0. The zero-order chi connectivity index (χ0) is 11.2. The van der Waals surface area contributed by atoms with Gasteiger partial charge in [-0.05, 0) is 37.0 Å². The van der Waals surface area contributed by atoms with E-state index in [1.807, 2.05) is 0 Å². The van der Waals surface area contributed by atoms with Crippen molar-refractivity contribution < 1.29 is 0 Å². The van der Waals surface area contributed by atoms with E-state index in [0.29, 0.717) is 0 Å². The number of fused-ring (bicyclic) bond motifs is 4. The highest BCUT2D eigenvalue weighted by molar-refractivity contribution is 6.62. The van der Waals surface area contributed by atoms with Crippen molar-refractivity contribution in [3.63, 3.8) is 0 Å². The monoisotopic (exact) mass is 230 g/mol. The molecule has 94 valence electrons. The Morgan fingerprint density at radius 1 is 0.765 bits per heavy atom. The number of hydrogen-bond donors (Lipinski definition) is 0. The van der Waals surface area contributed by atoms with Crippen LogP contribution >= 0.6 is 0 Å². The van der Waals surface area contributed by atoms with Crippen molar-refractivity contribution in [2.24, 2.45) is 17.8 Å². The lowest BCUT2D eigenvalue weighted by Crippen LogP contribution is -2.36. The van der Waals surface area contributed by atoms with Crippen LogP contribution in [0.1, 0.15) is 64.2 Å². The maximum absolute atomic E-state index is 1.65. The highest BCUT2D eigenvalue weighted by Gasteiger charge is 2.45. The van der Waals surface area contributed by atoms with Crippen LogP contribution in [-0.2, 0) is 0 Å². The van der Waals surface area contributed by atoms with Gasteiger partial charge in [-0.3, -0.25) is 0 Å². The zero-order valence-electron chi connectivity index (χ0n) is 11.2. The van der Waals surface area contributed by atoms with Gasteiger partial charge in [0.25, 0.3) is 0 Å². The molecule has 0 radical (unpaired) electrons. The third-order valence-corrected chi connectivity index (χ3v) is 6.97. The fourth-order valence-corrected chi connectivity index (χ4v) is 6.21. The van der Waals surface area contributed by atoms with E-state index in [0.717, 1.165) is 17.6 Å². The Balaban J connectivity index is 1.44. The quantitative estimate of drug-likeness (QED) is 0.584. The molecule has 2 heterocycles. The van der Waals surface area contributed by atoms with Crippen molar-refractivity contribution in [2.75, 3.05) is 0 Å². The second-order valence-corrected chi connectivity index (χ2v) is 7.72. The van der Waals surface area contributed by atoms with Crippen molar-refractivity contribution in [2.45, 2.75) is 82.2 Å². The fraction of sp³-hybridized carbons (Fsp3) is 1.00. The van der Waals surface area contributed by atoms with Crippen LogP contribution in [0.2, 0.25) is 18.0 Å². The van der Waals surface area contributed by atoms with Crippen LogP contribution in [-0.4, -0.2) is 6.71 Å². The van der Waals surface area contributed by atoms with Crippen molar-refractivity contribution in [3.8, 4) is 0 Å². The van der Waals surface area contributed by atoms with E-state index in [2.05, 4.69) is 0 Å². The summed E-state index contributed by atoms with van der Waals surface area (Å²) in [6.45, 7) is 1.17. The van der Waals surface area contributed by atoms with Gasteiger partial charge < -0.3 is 0 Å². The third-order valence-electron chi connectivity index (χ3n) is 6.97. The highest BCUT2D eigenvalue weighted by Crippen LogP contribution is 2.54. The molecule has 0 N–H and O–H groups in total. The molecule has 0 nitrogen and oxygen atoms in total. The molecule has 4 bridgehead atoms. The van der Waals surface area contributed by atoms with Gasteiger partial charge in [0.2, 0.25) is 0 Å². The zero-order valence-corrected chi connectivity index (χ0v) is 11.2. The molecule has 0 aromatic rings. The molecule has 0 spiro atoms. The summed E-state index contributed by atoms with van der Waals surface area (Å²) in [5, 5.41) is 0. The van der Waals surface area contributed by atoms with Crippen molar-refractivity contribution >= 4 is 6.71 Å². The summed E-state index contributed by atoms with van der Waals surface area (Å²) in [4.78, 5) is 0. The second kappa shape index (κ2) is 4.32. The predicted octanol–water partition coefficient (Wildman–Crippen LogP) is 5.03. The Morgan fingerprint density at radius 2 is 1.47 bits per heavy atom. The molecular formula is C16H27B. The third kappa shape index (κ3) is 1.88. The molecule has 17 heavy (non-hydrogen) atoms. The van der Waals surface area contributed by atoms with Gasteiger partial charge in [-0.15, -0.1) is 0 Å². The van der Waals surface area contributed by atoms with Gasteiger partial charge >= 0.3 is 0 Å². The van der Waals surface area contributed by atoms with Gasteiger partial charge in [0.05, 0.1) is 0 Å². The van der Waals surface area contributed by atoms with Crippen LogP contribution in [0, 0.1) is 17.8 Å². The standard InChI is InChI=1S/C16H27B/c1-3-15-5-2-6-16(4-1)17(15)11-14-10-12-7-8-13(14)9-12/h12-16H,1-11H2/t12-,13+,14-,15?,16?/m1/s1. The van der Waals surface area contributed by atoms with Crippen LogP contribution < -0.4 is 0 Å². The van der Waals surface area contributed by atoms with Crippen LogP contribution in [0.15, 0.2) is 0 Å². The molecule has 2 saturated heterocycles. The Hall–Kier alpha value is 0.0649. The molecule has 0 aromatic heterocycles. The van der Waals surface area contributed by atoms with Crippen LogP contribution in [0.4, 0.5) is 0 Å². The second-order valence-electron chi connectivity index (χ2n) is 7.72. The van der Waals surface area contributed by atoms with E-state index >= 15 is 0 Å². The molecule has 4 aliphatic rings. The lowest BCUT2D eigenvalue weighted by Gasteiger charge is -2.42. The molecule has 4 fully saturated rings. The molecule has 2 saturated carbocycles.